The average molecular weight is 409 g/mol. The molecule has 0 spiro atoms. The number of halogens is 3. The Kier molecular flexibility index (Phi) is 6.86. The number of carbonyl (C=O) groups is 1. The molecule has 1 aliphatic heterocycles. The third-order valence-corrected chi connectivity index (χ3v) is 5.15. The van der Waals surface area contributed by atoms with E-state index in [9.17, 15) is 13.6 Å². The lowest BCUT2D eigenvalue weighted by molar-refractivity contribution is -0.128. The number of para-hydroxylation sites is 1. The van der Waals surface area contributed by atoms with E-state index in [-0.39, 0.29) is 11.9 Å². The SMILES string of the molecule is C[C@H](Oc1ccccc1Cl)C(=O)NC1CCN(Cc2ccc(F)c(F)c2)CC1. The predicted molar refractivity (Wildman–Crippen MR) is 104 cm³/mol. The third kappa shape index (κ3) is 5.42. The van der Waals surface area contributed by atoms with E-state index in [0.717, 1.165) is 37.6 Å². The molecule has 3 rings (SSSR count). The number of carbonyl (C=O) groups excluding carboxylic acids is 1. The molecule has 2 aromatic rings. The maximum absolute atomic E-state index is 13.3. The summed E-state index contributed by atoms with van der Waals surface area (Å²) < 4.78 is 32.0. The van der Waals surface area contributed by atoms with Crippen molar-refractivity contribution in [3.05, 3.63) is 64.7 Å². The first kappa shape index (κ1) is 20.6. The van der Waals surface area contributed by atoms with Crippen LogP contribution >= 0.6 is 11.6 Å². The van der Waals surface area contributed by atoms with Gasteiger partial charge in [0.25, 0.3) is 5.91 Å². The van der Waals surface area contributed by atoms with Crippen LogP contribution in [0.25, 0.3) is 0 Å². The lowest BCUT2D eigenvalue weighted by Gasteiger charge is -2.32. The first-order valence-corrected chi connectivity index (χ1v) is 9.68. The molecule has 1 saturated heterocycles. The van der Waals surface area contributed by atoms with Crippen LogP contribution in [0.15, 0.2) is 42.5 Å². The summed E-state index contributed by atoms with van der Waals surface area (Å²) in [5, 5.41) is 3.48. The first-order chi connectivity index (χ1) is 13.4. The number of hydrogen-bond donors (Lipinski definition) is 1. The van der Waals surface area contributed by atoms with Crippen molar-refractivity contribution in [1.82, 2.24) is 10.2 Å². The highest BCUT2D eigenvalue weighted by molar-refractivity contribution is 6.32. The molecule has 0 radical (unpaired) electrons. The Labute approximate surface area is 168 Å². The molecule has 0 saturated carbocycles. The van der Waals surface area contributed by atoms with Gasteiger partial charge in [0, 0.05) is 25.7 Å². The van der Waals surface area contributed by atoms with E-state index >= 15 is 0 Å². The molecule has 0 unspecified atom stereocenters. The van der Waals surface area contributed by atoms with E-state index in [1.165, 1.54) is 6.07 Å². The van der Waals surface area contributed by atoms with Gasteiger partial charge in [-0.15, -0.1) is 0 Å². The summed E-state index contributed by atoms with van der Waals surface area (Å²) in [4.78, 5) is 14.6. The smallest absolute Gasteiger partial charge is 0.260 e. The number of hydrogen-bond acceptors (Lipinski definition) is 3. The monoisotopic (exact) mass is 408 g/mol. The maximum atomic E-state index is 13.3. The predicted octanol–water partition coefficient (Wildman–Crippen LogP) is 4.17. The van der Waals surface area contributed by atoms with Gasteiger partial charge in [-0.1, -0.05) is 29.8 Å². The maximum Gasteiger partial charge on any atom is 0.260 e. The standard InChI is InChI=1S/C21H23ClF2N2O2/c1-14(28-20-5-3-2-4-17(20)22)21(27)25-16-8-10-26(11-9-16)13-15-6-7-18(23)19(24)12-15/h2-7,12,14,16H,8-11,13H2,1H3,(H,25,27)/t14-/m0/s1. The molecular formula is C21H23ClF2N2O2. The Morgan fingerprint density at radius 3 is 2.61 bits per heavy atom. The summed E-state index contributed by atoms with van der Waals surface area (Å²) in [6.45, 7) is 3.79. The molecule has 0 aliphatic carbocycles. The molecule has 2 aromatic carbocycles. The molecule has 1 aliphatic rings. The molecule has 1 fully saturated rings. The van der Waals surface area contributed by atoms with Crippen molar-refractivity contribution in [2.24, 2.45) is 0 Å². The number of rotatable bonds is 6. The molecule has 0 aromatic heterocycles. The lowest BCUT2D eigenvalue weighted by atomic mass is 10.0. The Morgan fingerprint density at radius 1 is 1.21 bits per heavy atom. The van der Waals surface area contributed by atoms with Crippen LogP contribution in [0.3, 0.4) is 0 Å². The van der Waals surface area contributed by atoms with Gasteiger partial charge in [-0.05, 0) is 49.6 Å². The van der Waals surface area contributed by atoms with Crippen molar-refractivity contribution < 1.29 is 18.3 Å². The summed E-state index contributed by atoms with van der Waals surface area (Å²) >= 11 is 6.06. The molecule has 4 nitrogen and oxygen atoms in total. The summed E-state index contributed by atoms with van der Waals surface area (Å²) in [6.07, 6.45) is 0.919. The second-order valence-electron chi connectivity index (χ2n) is 7.00. The molecule has 1 amide bonds. The van der Waals surface area contributed by atoms with Crippen LogP contribution in [0.4, 0.5) is 8.78 Å². The highest BCUT2D eigenvalue weighted by Crippen LogP contribution is 2.24. The molecule has 7 heteroatoms. The fourth-order valence-electron chi connectivity index (χ4n) is 3.23. The van der Waals surface area contributed by atoms with Gasteiger partial charge >= 0.3 is 0 Å². The Morgan fingerprint density at radius 2 is 1.93 bits per heavy atom. The van der Waals surface area contributed by atoms with Crippen molar-refractivity contribution in [1.29, 1.82) is 0 Å². The van der Waals surface area contributed by atoms with Crippen molar-refractivity contribution in [3.63, 3.8) is 0 Å². The molecular weight excluding hydrogens is 386 g/mol. The second kappa shape index (κ2) is 9.34. The first-order valence-electron chi connectivity index (χ1n) is 9.30. The molecule has 0 bridgehead atoms. The number of ether oxygens (including phenoxy) is 1. The lowest BCUT2D eigenvalue weighted by Crippen LogP contribution is -2.47. The van der Waals surface area contributed by atoms with Crippen molar-refractivity contribution >= 4 is 17.5 Å². The fraction of sp³-hybridized carbons (Fsp3) is 0.381. The van der Waals surface area contributed by atoms with Crippen LogP contribution in [-0.4, -0.2) is 36.0 Å². The molecule has 150 valence electrons. The van der Waals surface area contributed by atoms with Crippen LogP contribution in [0.5, 0.6) is 5.75 Å². The van der Waals surface area contributed by atoms with E-state index in [1.807, 2.05) is 0 Å². The quantitative estimate of drug-likeness (QED) is 0.780. The zero-order chi connectivity index (χ0) is 20.1. The van der Waals surface area contributed by atoms with Crippen molar-refractivity contribution in [2.45, 2.75) is 38.5 Å². The van der Waals surface area contributed by atoms with Gasteiger partial charge in [-0.2, -0.15) is 0 Å². The van der Waals surface area contributed by atoms with Crippen LogP contribution in [0.2, 0.25) is 5.02 Å². The number of benzene rings is 2. The van der Waals surface area contributed by atoms with E-state index in [1.54, 1.807) is 37.3 Å². The van der Waals surface area contributed by atoms with Gasteiger partial charge in [-0.25, -0.2) is 8.78 Å². The zero-order valence-electron chi connectivity index (χ0n) is 15.6. The van der Waals surface area contributed by atoms with Crippen LogP contribution in [0, 0.1) is 11.6 Å². The number of nitrogens with zero attached hydrogens (tertiary/aromatic N) is 1. The second-order valence-corrected chi connectivity index (χ2v) is 7.41. The average Bonchev–Trinajstić information content (AvgIpc) is 2.68. The largest absolute Gasteiger partial charge is 0.479 e. The molecule has 1 atom stereocenters. The fourth-order valence-corrected chi connectivity index (χ4v) is 3.41. The molecule has 28 heavy (non-hydrogen) atoms. The minimum Gasteiger partial charge on any atom is -0.479 e. The van der Waals surface area contributed by atoms with Crippen molar-refractivity contribution in [2.75, 3.05) is 13.1 Å². The Hall–Kier alpha value is -2.18. The van der Waals surface area contributed by atoms with Crippen LogP contribution in [0.1, 0.15) is 25.3 Å². The number of piperidine rings is 1. The van der Waals surface area contributed by atoms with Crippen LogP contribution in [-0.2, 0) is 11.3 Å². The zero-order valence-corrected chi connectivity index (χ0v) is 16.4. The number of likely N-dealkylation sites (tertiary alicyclic amines) is 1. The summed E-state index contributed by atoms with van der Waals surface area (Å²) in [5.41, 5.74) is 0.739. The molecule has 1 N–H and O–H groups in total. The van der Waals surface area contributed by atoms with Gasteiger partial charge in [0.1, 0.15) is 5.75 Å². The Balaban J connectivity index is 1.45. The molecule has 1 heterocycles. The highest BCUT2D eigenvalue weighted by atomic mass is 35.5. The van der Waals surface area contributed by atoms with Crippen molar-refractivity contribution in [3.8, 4) is 5.75 Å². The minimum atomic E-state index is -0.835. The number of nitrogens with one attached hydrogen (secondary N) is 1. The topological polar surface area (TPSA) is 41.6 Å². The summed E-state index contributed by atoms with van der Waals surface area (Å²) in [6, 6.07) is 11.1. The van der Waals surface area contributed by atoms with Gasteiger partial charge in [-0.3, -0.25) is 9.69 Å². The van der Waals surface area contributed by atoms with Gasteiger partial charge in [0.05, 0.1) is 5.02 Å². The van der Waals surface area contributed by atoms with E-state index in [2.05, 4.69) is 10.2 Å². The Bertz CT molecular complexity index is 826. The van der Waals surface area contributed by atoms with E-state index in [0.29, 0.717) is 17.3 Å². The van der Waals surface area contributed by atoms with E-state index in [4.69, 9.17) is 16.3 Å². The van der Waals surface area contributed by atoms with Gasteiger partial charge in [0.2, 0.25) is 0 Å². The summed E-state index contributed by atoms with van der Waals surface area (Å²) in [5.74, 6) is -1.36. The summed E-state index contributed by atoms with van der Waals surface area (Å²) in [7, 11) is 0. The minimum absolute atomic E-state index is 0.0611. The normalized spacial score (nSPS) is 16.6. The number of amides is 1. The van der Waals surface area contributed by atoms with E-state index < -0.39 is 17.7 Å². The van der Waals surface area contributed by atoms with Gasteiger partial charge < -0.3 is 10.1 Å². The highest BCUT2D eigenvalue weighted by Gasteiger charge is 2.24. The van der Waals surface area contributed by atoms with Crippen LogP contribution < -0.4 is 10.1 Å². The van der Waals surface area contributed by atoms with Gasteiger partial charge in [0.15, 0.2) is 17.7 Å². The third-order valence-electron chi connectivity index (χ3n) is 4.83.